The second-order valence-corrected chi connectivity index (χ2v) is 4.76. The van der Waals surface area contributed by atoms with Crippen LogP contribution in [0.15, 0.2) is 0 Å². The average molecular weight is 259 g/mol. The van der Waals surface area contributed by atoms with Crippen molar-refractivity contribution in [1.82, 2.24) is 10.2 Å². The van der Waals surface area contributed by atoms with Gasteiger partial charge in [0, 0.05) is 19.0 Å². The SMILES string of the molecule is CC(C)N(C)CCCNC(=O)C(N)CCC(=O)O. The first-order valence-electron chi connectivity index (χ1n) is 6.30. The van der Waals surface area contributed by atoms with E-state index >= 15 is 0 Å². The van der Waals surface area contributed by atoms with E-state index in [0.29, 0.717) is 12.6 Å². The number of nitrogens with one attached hydrogen (secondary N) is 1. The van der Waals surface area contributed by atoms with E-state index in [9.17, 15) is 9.59 Å². The fraction of sp³-hybridized carbons (Fsp3) is 0.833. The molecule has 6 nitrogen and oxygen atoms in total. The third kappa shape index (κ3) is 8.03. The molecule has 0 rings (SSSR count). The molecule has 0 aromatic carbocycles. The van der Waals surface area contributed by atoms with Crippen molar-refractivity contribution in [2.45, 2.75) is 45.2 Å². The van der Waals surface area contributed by atoms with Crippen LogP contribution in [0.3, 0.4) is 0 Å². The lowest BCUT2D eigenvalue weighted by Gasteiger charge is -2.21. The Morgan fingerprint density at radius 1 is 1.39 bits per heavy atom. The quantitative estimate of drug-likeness (QED) is 0.508. The smallest absolute Gasteiger partial charge is 0.303 e. The number of carboxylic acids is 1. The van der Waals surface area contributed by atoms with Gasteiger partial charge in [0.15, 0.2) is 0 Å². The number of nitrogens with two attached hydrogens (primary N) is 1. The molecular formula is C12H25N3O3. The summed E-state index contributed by atoms with van der Waals surface area (Å²) in [6, 6.07) is -0.248. The molecule has 1 unspecified atom stereocenters. The number of amides is 1. The minimum Gasteiger partial charge on any atom is -0.481 e. The highest BCUT2D eigenvalue weighted by atomic mass is 16.4. The lowest BCUT2D eigenvalue weighted by Crippen LogP contribution is -2.41. The van der Waals surface area contributed by atoms with Crippen molar-refractivity contribution in [2.24, 2.45) is 5.73 Å². The Kier molecular flexibility index (Phi) is 8.32. The first-order valence-corrected chi connectivity index (χ1v) is 6.30. The van der Waals surface area contributed by atoms with Crippen molar-refractivity contribution in [3.8, 4) is 0 Å². The number of carbonyl (C=O) groups excluding carboxylic acids is 1. The highest BCUT2D eigenvalue weighted by molar-refractivity contribution is 5.82. The molecule has 1 amide bonds. The number of carboxylic acid groups (broad SMARTS) is 1. The molecule has 0 fully saturated rings. The van der Waals surface area contributed by atoms with Gasteiger partial charge in [0.2, 0.25) is 5.91 Å². The first-order chi connectivity index (χ1) is 8.34. The number of nitrogens with zero attached hydrogens (tertiary/aromatic N) is 1. The summed E-state index contributed by atoms with van der Waals surface area (Å²) in [6.07, 6.45) is 0.948. The van der Waals surface area contributed by atoms with Crippen LogP contribution in [0.25, 0.3) is 0 Å². The van der Waals surface area contributed by atoms with Gasteiger partial charge in [-0.05, 0) is 40.3 Å². The lowest BCUT2D eigenvalue weighted by atomic mass is 10.1. The molecule has 0 aromatic heterocycles. The van der Waals surface area contributed by atoms with Crippen LogP contribution < -0.4 is 11.1 Å². The van der Waals surface area contributed by atoms with Gasteiger partial charge in [0.05, 0.1) is 6.04 Å². The molecule has 0 bridgehead atoms. The van der Waals surface area contributed by atoms with Crippen LogP contribution in [0.1, 0.15) is 33.1 Å². The van der Waals surface area contributed by atoms with Crippen molar-refractivity contribution in [1.29, 1.82) is 0 Å². The van der Waals surface area contributed by atoms with Crippen LogP contribution in [-0.4, -0.2) is 54.1 Å². The van der Waals surface area contributed by atoms with Crippen molar-refractivity contribution in [3.63, 3.8) is 0 Å². The number of aliphatic carboxylic acids is 1. The molecule has 0 spiro atoms. The third-order valence-electron chi connectivity index (χ3n) is 2.87. The Hall–Kier alpha value is -1.14. The molecule has 0 aromatic rings. The van der Waals surface area contributed by atoms with E-state index in [1.165, 1.54) is 0 Å². The Morgan fingerprint density at radius 3 is 2.50 bits per heavy atom. The topological polar surface area (TPSA) is 95.7 Å². The summed E-state index contributed by atoms with van der Waals surface area (Å²) in [5.41, 5.74) is 5.57. The molecule has 4 N–H and O–H groups in total. The van der Waals surface area contributed by atoms with E-state index < -0.39 is 12.0 Å². The zero-order valence-corrected chi connectivity index (χ0v) is 11.5. The van der Waals surface area contributed by atoms with Gasteiger partial charge in [0.25, 0.3) is 0 Å². The lowest BCUT2D eigenvalue weighted by molar-refractivity contribution is -0.137. The second kappa shape index (κ2) is 8.88. The standard InChI is InChI=1S/C12H25N3O3/c1-9(2)15(3)8-4-7-14-12(18)10(13)5-6-11(16)17/h9-10H,4-8,13H2,1-3H3,(H,14,18)(H,16,17). The van der Waals surface area contributed by atoms with E-state index in [2.05, 4.69) is 24.1 Å². The maximum absolute atomic E-state index is 11.5. The van der Waals surface area contributed by atoms with Crippen LogP contribution in [0.4, 0.5) is 0 Å². The number of hydrogen-bond acceptors (Lipinski definition) is 4. The summed E-state index contributed by atoms with van der Waals surface area (Å²) in [4.78, 5) is 24.0. The minimum atomic E-state index is -0.934. The molecule has 0 aliphatic heterocycles. The van der Waals surface area contributed by atoms with Gasteiger partial charge in [0.1, 0.15) is 0 Å². The van der Waals surface area contributed by atoms with E-state index in [4.69, 9.17) is 10.8 Å². The number of hydrogen-bond donors (Lipinski definition) is 3. The molecule has 6 heteroatoms. The van der Waals surface area contributed by atoms with Crippen LogP contribution in [-0.2, 0) is 9.59 Å². The van der Waals surface area contributed by atoms with Gasteiger partial charge in [-0.2, -0.15) is 0 Å². The largest absolute Gasteiger partial charge is 0.481 e. The monoisotopic (exact) mass is 259 g/mol. The van der Waals surface area contributed by atoms with Gasteiger partial charge in [-0.1, -0.05) is 0 Å². The minimum absolute atomic E-state index is 0.0787. The van der Waals surface area contributed by atoms with Crippen molar-refractivity contribution in [3.05, 3.63) is 0 Å². The summed E-state index contributed by atoms with van der Waals surface area (Å²) in [5.74, 6) is -1.21. The van der Waals surface area contributed by atoms with E-state index in [1.54, 1.807) is 0 Å². The average Bonchev–Trinajstić information content (AvgIpc) is 2.30. The van der Waals surface area contributed by atoms with E-state index in [0.717, 1.165) is 13.0 Å². The highest BCUT2D eigenvalue weighted by Gasteiger charge is 2.14. The molecule has 0 aliphatic rings. The molecule has 0 heterocycles. The van der Waals surface area contributed by atoms with Gasteiger partial charge in [-0.3, -0.25) is 9.59 Å². The van der Waals surface area contributed by atoms with Crippen molar-refractivity contribution in [2.75, 3.05) is 20.1 Å². The van der Waals surface area contributed by atoms with Gasteiger partial charge >= 0.3 is 5.97 Å². The molecular weight excluding hydrogens is 234 g/mol. The zero-order chi connectivity index (χ0) is 14.1. The molecule has 18 heavy (non-hydrogen) atoms. The molecule has 0 radical (unpaired) electrons. The van der Waals surface area contributed by atoms with E-state index in [-0.39, 0.29) is 18.7 Å². The fourth-order valence-electron chi connectivity index (χ4n) is 1.34. The van der Waals surface area contributed by atoms with Gasteiger partial charge < -0.3 is 21.1 Å². The van der Waals surface area contributed by atoms with Crippen LogP contribution in [0.5, 0.6) is 0 Å². The maximum atomic E-state index is 11.5. The Bertz CT molecular complexity index is 269. The summed E-state index contributed by atoms with van der Waals surface area (Å²) < 4.78 is 0. The van der Waals surface area contributed by atoms with Gasteiger partial charge in [-0.15, -0.1) is 0 Å². The number of rotatable bonds is 9. The van der Waals surface area contributed by atoms with Crippen LogP contribution in [0.2, 0.25) is 0 Å². The fourth-order valence-corrected chi connectivity index (χ4v) is 1.34. The molecule has 1 atom stereocenters. The Balaban J connectivity index is 3.67. The highest BCUT2D eigenvalue weighted by Crippen LogP contribution is 1.96. The van der Waals surface area contributed by atoms with Gasteiger partial charge in [-0.25, -0.2) is 0 Å². The van der Waals surface area contributed by atoms with Crippen molar-refractivity contribution < 1.29 is 14.7 Å². The molecule has 0 saturated heterocycles. The first kappa shape index (κ1) is 16.9. The summed E-state index contributed by atoms with van der Waals surface area (Å²) >= 11 is 0. The van der Waals surface area contributed by atoms with Crippen LogP contribution in [0, 0.1) is 0 Å². The normalized spacial score (nSPS) is 12.8. The predicted octanol–water partition coefficient (Wildman–Crippen LogP) is 0.0250. The predicted molar refractivity (Wildman–Crippen MR) is 70.2 cm³/mol. The molecule has 0 aliphatic carbocycles. The van der Waals surface area contributed by atoms with E-state index in [1.807, 2.05) is 7.05 Å². The third-order valence-corrected chi connectivity index (χ3v) is 2.87. The Labute approximate surface area is 109 Å². The molecule has 0 saturated carbocycles. The maximum Gasteiger partial charge on any atom is 0.303 e. The number of carbonyl (C=O) groups is 2. The summed E-state index contributed by atoms with van der Waals surface area (Å²) in [7, 11) is 2.03. The van der Waals surface area contributed by atoms with Crippen LogP contribution >= 0.6 is 0 Å². The van der Waals surface area contributed by atoms with Crippen molar-refractivity contribution >= 4 is 11.9 Å². The summed E-state index contributed by atoms with van der Waals surface area (Å²) in [5, 5.41) is 11.2. The zero-order valence-electron chi connectivity index (χ0n) is 11.5. The molecule has 106 valence electrons. The second-order valence-electron chi connectivity index (χ2n) is 4.76. The summed E-state index contributed by atoms with van der Waals surface area (Å²) in [6.45, 7) is 5.69. The Morgan fingerprint density at radius 2 is 2.00 bits per heavy atom.